The molecule has 2 bridgehead atoms. The Morgan fingerprint density at radius 2 is 1.22 bits per heavy atom. The number of carbonyl (C=O) groups is 3. The van der Waals surface area contributed by atoms with Gasteiger partial charge in [0, 0.05) is 50.5 Å². The molecule has 0 spiro atoms. The summed E-state index contributed by atoms with van der Waals surface area (Å²) in [5, 5.41) is 113. The number of fused-ring (bicyclic) bond motifs is 5. The van der Waals surface area contributed by atoms with Gasteiger partial charge >= 0.3 is 18.0 Å². The zero-order valence-corrected chi connectivity index (χ0v) is 47.7. The van der Waals surface area contributed by atoms with Crippen LogP contribution in [0.1, 0.15) is 96.1 Å². The van der Waals surface area contributed by atoms with Crippen molar-refractivity contribution in [3.63, 3.8) is 0 Å². The summed E-state index contributed by atoms with van der Waals surface area (Å²) in [6.45, 7) is 6.69. The highest BCUT2D eigenvalue weighted by molar-refractivity contribution is 5.79. The Morgan fingerprint density at radius 1 is 0.639 bits per heavy atom. The average Bonchev–Trinajstić information content (AvgIpc) is 3.88. The Morgan fingerprint density at radius 3 is 1.81 bits per heavy atom. The number of amides is 1. The van der Waals surface area contributed by atoms with Gasteiger partial charge in [0.05, 0.1) is 73.5 Å². The molecule has 0 unspecified atom stereocenters. The lowest BCUT2D eigenvalue weighted by Crippen LogP contribution is -2.64. The van der Waals surface area contributed by atoms with E-state index < -0.39 is 153 Å². The van der Waals surface area contributed by atoms with Crippen molar-refractivity contribution in [3.05, 3.63) is 145 Å². The number of carboxylic acids is 1. The summed E-state index contributed by atoms with van der Waals surface area (Å²) < 4.78 is 35.8. The number of nitrogens with one attached hydrogen (secondary N) is 1. The quantitative estimate of drug-likeness (QED) is 0.164. The molecule has 0 saturated carbocycles. The Kier molecular flexibility index (Phi) is 25.6. The fourth-order valence-electron chi connectivity index (χ4n) is 11.1. The van der Waals surface area contributed by atoms with Crippen molar-refractivity contribution in [2.75, 3.05) is 13.7 Å². The van der Waals surface area contributed by atoms with E-state index in [0.29, 0.717) is 0 Å². The maximum atomic E-state index is 13.5. The van der Waals surface area contributed by atoms with E-state index in [4.69, 9.17) is 28.4 Å². The number of rotatable bonds is 7. The highest BCUT2D eigenvalue weighted by Gasteiger charge is 2.52. The van der Waals surface area contributed by atoms with Gasteiger partial charge in [-0.3, -0.25) is 9.59 Å². The zero-order valence-electron chi connectivity index (χ0n) is 47.7. The third-order valence-corrected chi connectivity index (χ3v) is 15.9. The molecule has 11 N–H and O–H groups in total. The first-order valence-electron chi connectivity index (χ1n) is 28.5. The molecule has 0 radical (unpaired) electrons. The molecular formula is C63H85NO19. The molecule has 83 heavy (non-hydrogen) atoms. The molecule has 20 nitrogen and oxygen atoms in total. The first kappa shape index (κ1) is 66.4. The summed E-state index contributed by atoms with van der Waals surface area (Å²) in [7, 11) is 1.24. The molecule has 2 fully saturated rings. The molecule has 2 saturated heterocycles. The fraction of sp³-hybridized carbons (Fsp3) is 0.540. The minimum atomic E-state index is -1.86. The summed E-state index contributed by atoms with van der Waals surface area (Å²) in [4.78, 5) is 39.2. The summed E-state index contributed by atoms with van der Waals surface area (Å²) in [5.74, 6) is -6.63. The molecule has 3 heterocycles. The van der Waals surface area contributed by atoms with Crippen LogP contribution in [0.4, 0.5) is 4.79 Å². The molecule has 4 aliphatic rings. The van der Waals surface area contributed by atoms with Gasteiger partial charge < -0.3 is 84.8 Å². The second-order valence-electron chi connectivity index (χ2n) is 22.2. The minimum absolute atomic E-state index is 0.0457. The predicted octanol–water partition coefficient (Wildman–Crippen LogP) is 4.95. The molecule has 456 valence electrons. The topological polar surface area (TPSA) is 321 Å². The van der Waals surface area contributed by atoms with Crippen LogP contribution >= 0.6 is 0 Å². The number of methoxy groups -OCH3 is 1. The van der Waals surface area contributed by atoms with Gasteiger partial charge in [-0.05, 0) is 55.4 Å². The molecule has 2 aromatic rings. The van der Waals surface area contributed by atoms with Gasteiger partial charge in [-0.1, -0.05) is 147 Å². The van der Waals surface area contributed by atoms with Crippen molar-refractivity contribution in [3.8, 4) is 11.1 Å². The third-order valence-electron chi connectivity index (χ3n) is 15.9. The molecule has 2 aromatic carbocycles. The lowest BCUT2D eigenvalue weighted by Gasteiger charge is -2.47. The van der Waals surface area contributed by atoms with Crippen LogP contribution in [0.5, 0.6) is 0 Å². The van der Waals surface area contributed by atoms with Crippen LogP contribution in [-0.4, -0.2) is 180 Å². The predicted molar refractivity (Wildman–Crippen MR) is 306 cm³/mol. The van der Waals surface area contributed by atoms with Gasteiger partial charge in [-0.25, -0.2) is 4.79 Å². The van der Waals surface area contributed by atoms with E-state index >= 15 is 0 Å². The minimum Gasteiger partial charge on any atom is -0.481 e. The lowest BCUT2D eigenvalue weighted by atomic mass is 9.82. The molecule has 1 aliphatic carbocycles. The highest BCUT2D eigenvalue weighted by Crippen LogP contribution is 2.45. The first-order valence-corrected chi connectivity index (χ1v) is 28.5. The second kappa shape index (κ2) is 32.0. The number of hydrogen-bond donors (Lipinski definition) is 11. The largest absolute Gasteiger partial charge is 0.481 e. The van der Waals surface area contributed by atoms with E-state index in [9.17, 15) is 65.4 Å². The van der Waals surface area contributed by atoms with Crippen molar-refractivity contribution in [2.45, 2.75) is 182 Å². The Balaban J connectivity index is 1.21. The van der Waals surface area contributed by atoms with Crippen molar-refractivity contribution in [1.29, 1.82) is 0 Å². The Labute approximate surface area is 485 Å². The Bertz CT molecular complexity index is 2570. The van der Waals surface area contributed by atoms with E-state index in [-0.39, 0.29) is 44.1 Å². The van der Waals surface area contributed by atoms with Gasteiger partial charge in [-0.15, -0.1) is 0 Å². The average molecular weight is 1160 g/mol. The zero-order chi connectivity index (χ0) is 60.4. The number of carboxylic acid groups (broad SMARTS) is 1. The van der Waals surface area contributed by atoms with Crippen LogP contribution in [0.3, 0.4) is 0 Å². The van der Waals surface area contributed by atoms with Gasteiger partial charge in [0.15, 0.2) is 12.1 Å². The van der Waals surface area contributed by atoms with Crippen molar-refractivity contribution >= 4 is 18.0 Å². The van der Waals surface area contributed by atoms with Crippen molar-refractivity contribution < 1.29 is 93.9 Å². The number of aliphatic hydroxyl groups is 9. The number of aliphatic carboxylic acids is 1. The van der Waals surface area contributed by atoms with Crippen molar-refractivity contribution in [2.24, 2.45) is 17.8 Å². The number of esters is 1. The van der Waals surface area contributed by atoms with E-state index in [0.717, 1.165) is 22.3 Å². The number of carbonyl (C=O) groups excluding carboxylic acids is 2. The lowest BCUT2D eigenvalue weighted by molar-refractivity contribution is -0.317. The maximum absolute atomic E-state index is 13.5. The molecule has 0 aromatic heterocycles. The maximum Gasteiger partial charge on any atom is 0.407 e. The second-order valence-corrected chi connectivity index (χ2v) is 22.2. The highest BCUT2D eigenvalue weighted by atomic mass is 16.7. The molecular weight excluding hydrogens is 1070 g/mol. The van der Waals surface area contributed by atoms with Crippen LogP contribution in [0.25, 0.3) is 11.1 Å². The number of ether oxygens (including phenoxy) is 6. The van der Waals surface area contributed by atoms with Gasteiger partial charge in [0.1, 0.15) is 30.8 Å². The van der Waals surface area contributed by atoms with Crippen LogP contribution in [0.2, 0.25) is 0 Å². The molecule has 19 atom stereocenters. The van der Waals surface area contributed by atoms with Crippen LogP contribution in [0, 0.1) is 17.8 Å². The Hall–Kier alpha value is -5.69. The van der Waals surface area contributed by atoms with Crippen molar-refractivity contribution in [1.82, 2.24) is 5.32 Å². The van der Waals surface area contributed by atoms with E-state index in [1.54, 1.807) is 74.6 Å². The molecule has 20 heteroatoms. The third kappa shape index (κ3) is 18.9. The fourth-order valence-corrected chi connectivity index (χ4v) is 11.1. The normalized spacial score (nSPS) is 38.6. The molecule has 1 amide bonds. The van der Waals surface area contributed by atoms with Gasteiger partial charge in [0.25, 0.3) is 0 Å². The number of hydrogen-bond acceptors (Lipinski definition) is 18. The standard InChI is InChI=1S/C63H85NO19/c1-37-22-16-14-12-10-8-6-7-9-11-13-15-17-23-44(82-61-59(74)56(58(73)40(4)81-61)64-62(77)79-36-49-47-26-20-18-24-45(47)46-25-19-21-27-48(46)49)33-53-55(60(75)76)52(70)35-63(78-5,83-53)34-43(67)31-51(69)50(68)29-28-41(65)30-42(66)32-54(71)80-39(3)38(2)57(37)72/h6-27,37-44,49-53,55-59,61,65-70,72-74H,28-36H2,1-5H3,(H,64,77)(H,75,76)/b7-6+,10-8+,11-9+,14-12+,15-13+,22-16+,23-17+/t37-,38-,39-,40+,41+,42+,43-,44-,50+,51+,52-,53-,55+,56-,57+,58+,59-,61-,63+/m0/s1. The molecule has 6 rings (SSSR count). The number of allylic oxidation sites excluding steroid dienone is 12. The summed E-state index contributed by atoms with van der Waals surface area (Å²) in [6, 6.07) is 14.3. The summed E-state index contributed by atoms with van der Waals surface area (Å²) in [5.41, 5.74) is 4.02. The summed E-state index contributed by atoms with van der Waals surface area (Å²) in [6.07, 6.45) is 2.37. The van der Waals surface area contributed by atoms with Crippen LogP contribution in [-0.2, 0) is 38.0 Å². The number of aliphatic hydroxyl groups excluding tert-OH is 9. The van der Waals surface area contributed by atoms with Gasteiger partial charge in [0.2, 0.25) is 0 Å². The number of cyclic esters (lactones) is 1. The first-order chi connectivity index (χ1) is 39.6. The van der Waals surface area contributed by atoms with E-state index in [1.807, 2.05) is 73.7 Å². The van der Waals surface area contributed by atoms with Crippen LogP contribution < -0.4 is 5.32 Å². The SMILES string of the molecule is CO[C@]12C[C@@H](O)C[C@@H](O)[C@H](O)CC[C@@H](O)C[C@@H](O)CC(=O)O[C@@H](C)[C@H](C)[C@H](O)[C@@H](C)/C=C/C=C/C=C/C=C/C=C/C=C/C=C/[C@H](O[C@@H]3O[C@H](C)[C@@H](O)[C@H](NC(=O)OCC4c5ccccc5-c5ccccc54)[C@@H]3O)C[C@H](O1)[C@H](C(=O)O)[C@@H](O)C2. The summed E-state index contributed by atoms with van der Waals surface area (Å²) >= 11 is 0. The van der Waals surface area contributed by atoms with Gasteiger partial charge in [-0.2, -0.15) is 0 Å². The monoisotopic (exact) mass is 1160 g/mol. The van der Waals surface area contributed by atoms with E-state index in [1.165, 1.54) is 20.1 Å². The number of alkyl carbamates (subject to hydrolysis) is 1. The number of benzene rings is 2. The van der Waals surface area contributed by atoms with Crippen LogP contribution in [0.15, 0.2) is 134 Å². The molecule has 3 aliphatic heterocycles. The smallest absolute Gasteiger partial charge is 0.407 e. The van der Waals surface area contributed by atoms with E-state index in [2.05, 4.69) is 5.32 Å².